The smallest absolute Gasteiger partial charge is 0.199 e. The molecule has 0 fully saturated rings. The van der Waals surface area contributed by atoms with Gasteiger partial charge in [-0.3, -0.25) is 15.1 Å². The summed E-state index contributed by atoms with van der Waals surface area (Å²) in [6.45, 7) is 2.28. The van der Waals surface area contributed by atoms with Crippen LogP contribution in [0.25, 0.3) is 10.6 Å². The molecule has 3 aromatic rings. The van der Waals surface area contributed by atoms with Crippen LogP contribution in [0.15, 0.2) is 72.9 Å². The van der Waals surface area contributed by atoms with Gasteiger partial charge in [0.1, 0.15) is 5.01 Å². The third-order valence-corrected chi connectivity index (χ3v) is 4.73. The number of hydroxylamine groups is 1. The van der Waals surface area contributed by atoms with E-state index in [1.807, 2.05) is 67.6 Å². The molecule has 25 heavy (non-hydrogen) atoms. The number of rotatable bonds is 7. The van der Waals surface area contributed by atoms with Gasteiger partial charge < -0.3 is 0 Å². The van der Waals surface area contributed by atoms with Crippen LogP contribution in [0.5, 0.6) is 0 Å². The molecule has 126 valence electrons. The lowest BCUT2D eigenvalue weighted by molar-refractivity contribution is 0.0572. The number of aromatic nitrogens is 1. The molecule has 1 heterocycles. The highest BCUT2D eigenvalue weighted by Crippen LogP contribution is 2.28. The van der Waals surface area contributed by atoms with Crippen LogP contribution in [0.4, 0.5) is 0 Å². The average Bonchev–Trinajstić information content (AvgIpc) is 3.05. The Morgan fingerprint density at radius 2 is 1.80 bits per heavy atom. The predicted molar refractivity (Wildman–Crippen MR) is 100 cm³/mol. The molecule has 0 amide bonds. The molecule has 0 aliphatic heterocycles. The van der Waals surface area contributed by atoms with Crippen molar-refractivity contribution in [3.8, 4) is 10.6 Å². The monoisotopic (exact) mass is 350 g/mol. The lowest BCUT2D eigenvalue weighted by Gasteiger charge is -2.02. The number of nitrogens with zero attached hydrogens (tertiary/aromatic N) is 1. The van der Waals surface area contributed by atoms with Crippen molar-refractivity contribution in [3.05, 3.63) is 89.1 Å². The Hall–Kier alpha value is -2.76. The highest BCUT2D eigenvalue weighted by atomic mass is 32.1. The second-order valence-corrected chi connectivity index (χ2v) is 6.39. The summed E-state index contributed by atoms with van der Waals surface area (Å²) in [7, 11) is 0. The van der Waals surface area contributed by atoms with Gasteiger partial charge in [-0.25, -0.2) is 4.98 Å². The summed E-state index contributed by atoms with van der Waals surface area (Å²) >= 11 is 1.40. The summed E-state index contributed by atoms with van der Waals surface area (Å²) in [5, 5.41) is 0.850. The van der Waals surface area contributed by atoms with E-state index in [9.17, 15) is 4.79 Å². The highest BCUT2D eigenvalue weighted by Gasteiger charge is 2.13. The predicted octanol–water partition coefficient (Wildman–Crippen LogP) is 4.54. The Morgan fingerprint density at radius 3 is 2.52 bits per heavy atom. The maximum Gasteiger partial charge on any atom is 0.199 e. The molecule has 2 aromatic carbocycles. The first-order valence-electron chi connectivity index (χ1n) is 7.89. The standard InChI is InChI=1S/C20H18N2O2S/c1-15-19(25-20(22-15)17-10-6-3-7-11-17)18(23)12-13-21-24-14-16-8-4-2-5-9-16/h2-13,21H,14H2,1H3. The second-order valence-electron chi connectivity index (χ2n) is 5.39. The number of ketones is 1. The molecule has 0 aliphatic rings. The Kier molecular flexibility index (Phi) is 5.72. The number of nitrogens with one attached hydrogen (secondary N) is 1. The molecule has 5 heteroatoms. The van der Waals surface area contributed by atoms with Gasteiger partial charge in [-0.05, 0) is 12.5 Å². The van der Waals surface area contributed by atoms with Crippen LogP contribution in [-0.2, 0) is 11.4 Å². The molecular formula is C20H18N2O2S. The van der Waals surface area contributed by atoms with Gasteiger partial charge in [0, 0.05) is 17.8 Å². The van der Waals surface area contributed by atoms with Gasteiger partial charge in [0.25, 0.3) is 0 Å². The van der Waals surface area contributed by atoms with Crippen molar-refractivity contribution in [2.75, 3.05) is 0 Å². The Balaban J connectivity index is 1.57. The van der Waals surface area contributed by atoms with E-state index < -0.39 is 0 Å². The number of hydrogen-bond acceptors (Lipinski definition) is 5. The quantitative estimate of drug-likeness (QED) is 0.294. The van der Waals surface area contributed by atoms with E-state index in [0.717, 1.165) is 21.8 Å². The Labute approximate surface area is 150 Å². The first-order chi connectivity index (χ1) is 12.2. The molecule has 0 spiro atoms. The minimum absolute atomic E-state index is 0.0898. The number of carbonyl (C=O) groups excluding carboxylic acids is 1. The third-order valence-electron chi connectivity index (χ3n) is 3.51. The summed E-state index contributed by atoms with van der Waals surface area (Å²) in [4.78, 5) is 22.8. The van der Waals surface area contributed by atoms with Gasteiger partial charge in [-0.15, -0.1) is 11.3 Å². The van der Waals surface area contributed by atoms with Crippen LogP contribution < -0.4 is 5.48 Å². The SMILES string of the molecule is Cc1nc(-c2ccccc2)sc1C(=O)C=CNOCc1ccccc1. The number of thiazole rings is 1. The summed E-state index contributed by atoms with van der Waals surface area (Å²) in [5.41, 5.74) is 5.49. The number of benzene rings is 2. The maximum atomic E-state index is 12.3. The van der Waals surface area contributed by atoms with Crippen LogP contribution >= 0.6 is 11.3 Å². The van der Waals surface area contributed by atoms with Gasteiger partial charge in [-0.2, -0.15) is 0 Å². The van der Waals surface area contributed by atoms with Gasteiger partial charge in [0.05, 0.1) is 17.2 Å². The molecule has 0 aliphatic carbocycles. The average molecular weight is 350 g/mol. The molecule has 4 nitrogen and oxygen atoms in total. The zero-order valence-electron chi connectivity index (χ0n) is 13.8. The molecule has 0 saturated heterocycles. The maximum absolute atomic E-state index is 12.3. The van der Waals surface area contributed by atoms with Crippen molar-refractivity contribution in [2.24, 2.45) is 0 Å². The lowest BCUT2D eigenvalue weighted by Crippen LogP contribution is -2.07. The lowest BCUT2D eigenvalue weighted by atomic mass is 10.2. The third kappa shape index (κ3) is 4.62. The summed E-state index contributed by atoms with van der Waals surface area (Å²) in [5.74, 6) is -0.0898. The molecule has 1 N–H and O–H groups in total. The number of hydrogen-bond donors (Lipinski definition) is 1. The molecule has 0 saturated carbocycles. The first kappa shape index (κ1) is 17.1. The van der Waals surface area contributed by atoms with E-state index in [2.05, 4.69) is 10.5 Å². The molecule has 0 unspecified atom stereocenters. The van der Waals surface area contributed by atoms with Crippen molar-refractivity contribution < 1.29 is 9.63 Å². The van der Waals surface area contributed by atoms with E-state index in [1.165, 1.54) is 23.6 Å². The zero-order chi connectivity index (χ0) is 17.5. The fraction of sp³-hybridized carbons (Fsp3) is 0.100. The fourth-order valence-electron chi connectivity index (χ4n) is 2.26. The largest absolute Gasteiger partial charge is 0.288 e. The van der Waals surface area contributed by atoms with Gasteiger partial charge in [0.2, 0.25) is 0 Å². The molecule has 0 radical (unpaired) electrons. The summed E-state index contributed by atoms with van der Waals surface area (Å²) in [6, 6.07) is 19.7. The van der Waals surface area contributed by atoms with Crippen LogP contribution in [0.2, 0.25) is 0 Å². The minimum Gasteiger partial charge on any atom is -0.288 e. The van der Waals surface area contributed by atoms with E-state index >= 15 is 0 Å². The van der Waals surface area contributed by atoms with Crippen LogP contribution in [0.3, 0.4) is 0 Å². The van der Waals surface area contributed by atoms with E-state index in [4.69, 9.17) is 4.84 Å². The molecule has 1 aromatic heterocycles. The normalized spacial score (nSPS) is 10.9. The molecular weight excluding hydrogens is 332 g/mol. The molecule has 3 rings (SSSR count). The number of aryl methyl sites for hydroxylation is 1. The summed E-state index contributed by atoms with van der Waals surface area (Å²) < 4.78 is 0. The van der Waals surface area contributed by atoms with E-state index in [1.54, 1.807) is 0 Å². The Morgan fingerprint density at radius 1 is 1.12 bits per heavy atom. The van der Waals surface area contributed by atoms with Crippen LogP contribution in [0.1, 0.15) is 20.9 Å². The highest BCUT2D eigenvalue weighted by molar-refractivity contribution is 7.17. The van der Waals surface area contributed by atoms with Crippen molar-refractivity contribution in [1.29, 1.82) is 0 Å². The molecule has 0 bridgehead atoms. The van der Waals surface area contributed by atoms with Gasteiger partial charge in [-0.1, -0.05) is 60.7 Å². The van der Waals surface area contributed by atoms with Crippen molar-refractivity contribution in [2.45, 2.75) is 13.5 Å². The van der Waals surface area contributed by atoms with Crippen molar-refractivity contribution >= 4 is 17.1 Å². The second kappa shape index (κ2) is 8.37. The Bertz CT molecular complexity index is 858. The van der Waals surface area contributed by atoms with Crippen LogP contribution in [-0.4, -0.2) is 10.8 Å². The van der Waals surface area contributed by atoms with Crippen molar-refractivity contribution in [3.63, 3.8) is 0 Å². The van der Waals surface area contributed by atoms with E-state index in [0.29, 0.717) is 11.5 Å². The fourth-order valence-corrected chi connectivity index (χ4v) is 3.25. The van der Waals surface area contributed by atoms with Gasteiger partial charge >= 0.3 is 0 Å². The zero-order valence-corrected chi connectivity index (χ0v) is 14.6. The summed E-state index contributed by atoms with van der Waals surface area (Å²) in [6.07, 6.45) is 2.97. The number of carbonyl (C=O) groups is 1. The minimum atomic E-state index is -0.0898. The van der Waals surface area contributed by atoms with E-state index in [-0.39, 0.29) is 5.78 Å². The van der Waals surface area contributed by atoms with Crippen LogP contribution in [0, 0.1) is 6.92 Å². The first-order valence-corrected chi connectivity index (χ1v) is 8.70. The topological polar surface area (TPSA) is 51.2 Å². The number of allylic oxidation sites excluding steroid dienone is 1. The molecule has 0 atom stereocenters. The van der Waals surface area contributed by atoms with Crippen molar-refractivity contribution in [1.82, 2.24) is 10.5 Å². The van der Waals surface area contributed by atoms with Gasteiger partial charge in [0.15, 0.2) is 5.78 Å².